The minimum absolute atomic E-state index is 0.686. The predicted octanol–water partition coefficient (Wildman–Crippen LogP) is 3.77. The highest BCUT2D eigenvalue weighted by atomic mass is 16.3. The van der Waals surface area contributed by atoms with Gasteiger partial charge < -0.3 is 4.42 Å². The maximum absolute atomic E-state index is 5.85. The molecule has 0 bridgehead atoms. The molecule has 0 radical (unpaired) electrons. The smallest absolute Gasteiger partial charge is 0.229 e. The Balaban J connectivity index is 1.92. The van der Waals surface area contributed by atoms with Gasteiger partial charge in [0.25, 0.3) is 0 Å². The molecule has 1 aromatic carbocycles. The Morgan fingerprint density at radius 1 is 1.00 bits per heavy atom. The maximum Gasteiger partial charge on any atom is 0.229 e. The molecule has 2 heterocycles. The zero-order valence-electron chi connectivity index (χ0n) is 10.6. The Hall–Kier alpha value is -2.16. The van der Waals surface area contributed by atoms with Crippen molar-refractivity contribution in [2.75, 3.05) is 0 Å². The van der Waals surface area contributed by atoms with E-state index >= 15 is 0 Å². The summed E-state index contributed by atoms with van der Waals surface area (Å²) in [5, 5.41) is 0. The third kappa shape index (κ3) is 1.73. The lowest BCUT2D eigenvalue weighted by Crippen LogP contribution is -2.04. The van der Waals surface area contributed by atoms with Crippen LogP contribution in [0.5, 0.6) is 0 Å². The van der Waals surface area contributed by atoms with Crippen molar-refractivity contribution in [3.05, 3.63) is 47.7 Å². The molecule has 94 valence electrons. The number of oxazole rings is 1. The summed E-state index contributed by atoms with van der Waals surface area (Å²) in [6, 6.07) is 10.2. The van der Waals surface area contributed by atoms with Crippen molar-refractivity contribution in [2.45, 2.75) is 25.7 Å². The Kier molecular flexibility index (Phi) is 2.37. The van der Waals surface area contributed by atoms with Gasteiger partial charge in [-0.1, -0.05) is 12.1 Å². The normalized spacial score (nSPS) is 14.5. The van der Waals surface area contributed by atoms with Gasteiger partial charge in [0.1, 0.15) is 0 Å². The molecule has 0 fully saturated rings. The third-order valence-electron chi connectivity index (χ3n) is 3.79. The summed E-state index contributed by atoms with van der Waals surface area (Å²) >= 11 is 0. The molecule has 0 saturated carbocycles. The number of benzene rings is 1. The molecular formula is C16H14N2O. The van der Waals surface area contributed by atoms with Gasteiger partial charge >= 0.3 is 0 Å². The number of hydrogen-bond acceptors (Lipinski definition) is 3. The average molecular weight is 250 g/mol. The quantitative estimate of drug-likeness (QED) is 0.660. The molecule has 19 heavy (non-hydrogen) atoms. The van der Waals surface area contributed by atoms with Crippen molar-refractivity contribution < 1.29 is 4.42 Å². The van der Waals surface area contributed by atoms with Crippen molar-refractivity contribution in [3.63, 3.8) is 0 Å². The van der Waals surface area contributed by atoms with E-state index in [0.717, 1.165) is 17.6 Å². The highest BCUT2D eigenvalue weighted by Crippen LogP contribution is 2.32. The highest BCUT2D eigenvalue weighted by Gasteiger charge is 2.17. The van der Waals surface area contributed by atoms with Gasteiger partial charge in [0.15, 0.2) is 11.2 Å². The maximum atomic E-state index is 5.85. The fourth-order valence-electron chi connectivity index (χ4n) is 2.87. The number of rotatable bonds is 1. The number of pyridine rings is 1. The Morgan fingerprint density at radius 3 is 2.89 bits per heavy atom. The highest BCUT2D eigenvalue weighted by molar-refractivity contribution is 5.73. The van der Waals surface area contributed by atoms with Crippen molar-refractivity contribution in [2.24, 2.45) is 0 Å². The first kappa shape index (κ1) is 10.7. The molecule has 0 unspecified atom stereocenters. The van der Waals surface area contributed by atoms with Gasteiger partial charge in [-0.25, -0.2) is 4.98 Å². The number of hydrogen-bond donors (Lipinski definition) is 0. The van der Waals surface area contributed by atoms with Crippen molar-refractivity contribution in [1.29, 1.82) is 0 Å². The van der Waals surface area contributed by atoms with Gasteiger partial charge in [-0.15, -0.1) is 0 Å². The molecule has 0 spiro atoms. The summed E-state index contributed by atoms with van der Waals surface area (Å²) in [5.74, 6) is 0.701. The Labute approximate surface area is 111 Å². The summed E-state index contributed by atoms with van der Waals surface area (Å²) in [7, 11) is 0. The van der Waals surface area contributed by atoms with E-state index < -0.39 is 0 Å². The van der Waals surface area contributed by atoms with Crippen molar-refractivity contribution in [3.8, 4) is 11.5 Å². The number of aryl methyl sites for hydroxylation is 1. The fourth-order valence-corrected chi connectivity index (χ4v) is 2.87. The standard InChI is InChI=1S/C16H14N2O/c1-2-7-12-11(5-1)6-3-8-13(12)16-18-15-14(19-16)9-4-10-17-15/h3-4,6,8-10H,1-2,5,7H2. The average Bonchev–Trinajstić information content (AvgIpc) is 2.90. The molecule has 0 N–H and O–H groups in total. The van der Waals surface area contributed by atoms with Crippen LogP contribution in [-0.4, -0.2) is 9.97 Å². The van der Waals surface area contributed by atoms with E-state index in [2.05, 4.69) is 28.2 Å². The monoisotopic (exact) mass is 250 g/mol. The molecular weight excluding hydrogens is 236 g/mol. The molecule has 2 aromatic heterocycles. The van der Waals surface area contributed by atoms with Crippen LogP contribution in [0.15, 0.2) is 40.9 Å². The lowest BCUT2D eigenvalue weighted by atomic mass is 9.88. The molecule has 3 aromatic rings. The van der Waals surface area contributed by atoms with Gasteiger partial charge in [-0.3, -0.25) is 0 Å². The van der Waals surface area contributed by atoms with E-state index in [4.69, 9.17) is 4.42 Å². The molecule has 3 nitrogen and oxygen atoms in total. The van der Waals surface area contributed by atoms with Gasteiger partial charge in [-0.2, -0.15) is 4.98 Å². The lowest BCUT2D eigenvalue weighted by Gasteiger charge is -2.17. The van der Waals surface area contributed by atoms with Crippen LogP contribution in [0.4, 0.5) is 0 Å². The molecule has 0 saturated heterocycles. The predicted molar refractivity (Wildman–Crippen MR) is 73.9 cm³/mol. The zero-order valence-corrected chi connectivity index (χ0v) is 10.6. The van der Waals surface area contributed by atoms with Crippen LogP contribution >= 0.6 is 0 Å². The SMILES string of the molecule is c1cc2c(c(-c3nc4ncccc4o3)c1)CCCC2. The summed E-state index contributed by atoms with van der Waals surface area (Å²) in [4.78, 5) is 8.75. The van der Waals surface area contributed by atoms with Crippen LogP contribution in [0.25, 0.3) is 22.7 Å². The van der Waals surface area contributed by atoms with E-state index in [0.29, 0.717) is 11.5 Å². The van der Waals surface area contributed by atoms with E-state index in [1.54, 1.807) is 6.20 Å². The van der Waals surface area contributed by atoms with Crippen LogP contribution in [0.2, 0.25) is 0 Å². The first-order valence-electron chi connectivity index (χ1n) is 6.74. The number of fused-ring (bicyclic) bond motifs is 2. The second-order valence-electron chi connectivity index (χ2n) is 4.99. The van der Waals surface area contributed by atoms with Crippen LogP contribution in [0, 0.1) is 0 Å². The Morgan fingerprint density at radius 2 is 1.95 bits per heavy atom. The third-order valence-corrected chi connectivity index (χ3v) is 3.79. The van der Waals surface area contributed by atoms with Gasteiger partial charge in [0, 0.05) is 11.8 Å². The van der Waals surface area contributed by atoms with Crippen molar-refractivity contribution in [1.82, 2.24) is 9.97 Å². The lowest BCUT2D eigenvalue weighted by molar-refractivity contribution is 0.615. The van der Waals surface area contributed by atoms with E-state index in [1.165, 1.54) is 30.4 Å². The largest absolute Gasteiger partial charge is 0.434 e. The van der Waals surface area contributed by atoms with Crippen LogP contribution in [0.3, 0.4) is 0 Å². The van der Waals surface area contributed by atoms with Crippen LogP contribution in [0.1, 0.15) is 24.0 Å². The number of aromatic nitrogens is 2. The first-order valence-corrected chi connectivity index (χ1v) is 6.74. The van der Waals surface area contributed by atoms with Crippen LogP contribution in [-0.2, 0) is 12.8 Å². The Bertz CT molecular complexity index is 712. The molecule has 0 amide bonds. The first-order chi connectivity index (χ1) is 9.42. The zero-order chi connectivity index (χ0) is 12.7. The molecule has 0 atom stereocenters. The van der Waals surface area contributed by atoms with Crippen LogP contribution < -0.4 is 0 Å². The van der Waals surface area contributed by atoms with Gasteiger partial charge in [0.05, 0.1) is 0 Å². The van der Waals surface area contributed by atoms with Crippen molar-refractivity contribution >= 4 is 11.2 Å². The van der Waals surface area contributed by atoms with E-state index in [1.807, 2.05) is 12.1 Å². The fraction of sp³-hybridized carbons (Fsp3) is 0.250. The van der Waals surface area contributed by atoms with E-state index in [9.17, 15) is 0 Å². The summed E-state index contributed by atoms with van der Waals surface area (Å²) in [5.41, 5.74) is 5.42. The van der Waals surface area contributed by atoms with Gasteiger partial charge in [0.2, 0.25) is 5.89 Å². The minimum atomic E-state index is 0.686. The molecule has 4 rings (SSSR count). The minimum Gasteiger partial charge on any atom is -0.434 e. The molecule has 3 heteroatoms. The second kappa shape index (κ2) is 4.19. The number of nitrogens with zero attached hydrogens (tertiary/aromatic N) is 2. The summed E-state index contributed by atoms with van der Waals surface area (Å²) < 4.78 is 5.85. The van der Waals surface area contributed by atoms with E-state index in [-0.39, 0.29) is 0 Å². The molecule has 1 aliphatic rings. The summed E-state index contributed by atoms with van der Waals surface area (Å²) in [6.45, 7) is 0. The van der Waals surface area contributed by atoms with Gasteiger partial charge in [-0.05, 0) is 55.0 Å². The second-order valence-corrected chi connectivity index (χ2v) is 4.99. The molecule has 0 aliphatic heterocycles. The summed E-state index contributed by atoms with van der Waals surface area (Å²) in [6.07, 6.45) is 6.57. The molecule has 1 aliphatic carbocycles. The topological polar surface area (TPSA) is 38.9 Å².